The summed E-state index contributed by atoms with van der Waals surface area (Å²) >= 11 is 1.54. The fourth-order valence-electron chi connectivity index (χ4n) is 1.80. The maximum Gasteiger partial charge on any atom is 0.191 e. The molecule has 1 aliphatic heterocycles. The summed E-state index contributed by atoms with van der Waals surface area (Å²) in [6.07, 6.45) is 2.34. The van der Waals surface area contributed by atoms with Gasteiger partial charge in [-0.05, 0) is 19.4 Å². The maximum atomic E-state index is 8.75. The number of nitrogens with one attached hydrogen (secondary N) is 1. The Labute approximate surface area is 93.3 Å². The highest BCUT2D eigenvalue weighted by Crippen LogP contribution is 2.24. The van der Waals surface area contributed by atoms with Crippen LogP contribution in [-0.4, -0.2) is 38.8 Å². The molecule has 1 aromatic rings. The van der Waals surface area contributed by atoms with Crippen LogP contribution in [0.15, 0.2) is 5.16 Å². The number of thioether (sulfide) groups is 1. The van der Waals surface area contributed by atoms with Crippen molar-refractivity contribution < 1.29 is 5.11 Å². The lowest BCUT2D eigenvalue weighted by molar-refractivity contribution is 0.322. The SMILES string of the molecule is Cn1c(SCCO)nnc1C1CCCN1. The Morgan fingerprint density at radius 3 is 3.13 bits per heavy atom. The molecule has 1 aromatic heterocycles. The van der Waals surface area contributed by atoms with Crippen LogP contribution in [-0.2, 0) is 7.05 Å². The van der Waals surface area contributed by atoms with Crippen molar-refractivity contribution >= 4 is 11.8 Å². The summed E-state index contributed by atoms with van der Waals surface area (Å²) in [5, 5.41) is 21.4. The molecule has 1 fully saturated rings. The molecule has 2 N–H and O–H groups in total. The number of aliphatic hydroxyl groups is 1. The first-order chi connectivity index (χ1) is 7.33. The lowest BCUT2D eigenvalue weighted by Gasteiger charge is -2.09. The van der Waals surface area contributed by atoms with Crippen molar-refractivity contribution in [3.63, 3.8) is 0 Å². The summed E-state index contributed by atoms with van der Waals surface area (Å²) in [6.45, 7) is 1.24. The molecule has 0 aromatic carbocycles. The molecule has 5 nitrogen and oxygen atoms in total. The quantitative estimate of drug-likeness (QED) is 0.727. The van der Waals surface area contributed by atoms with Crippen molar-refractivity contribution in [2.24, 2.45) is 7.05 Å². The summed E-state index contributed by atoms with van der Waals surface area (Å²) in [6, 6.07) is 0.353. The molecule has 2 rings (SSSR count). The van der Waals surface area contributed by atoms with Crippen LogP contribution in [0.3, 0.4) is 0 Å². The highest BCUT2D eigenvalue weighted by atomic mass is 32.2. The largest absolute Gasteiger partial charge is 0.396 e. The van der Waals surface area contributed by atoms with E-state index in [-0.39, 0.29) is 6.61 Å². The lowest BCUT2D eigenvalue weighted by atomic mass is 10.2. The van der Waals surface area contributed by atoms with Gasteiger partial charge in [-0.15, -0.1) is 10.2 Å². The summed E-state index contributed by atoms with van der Waals surface area (Å²) in [4.78, 5) is 0. The molecular formula is C9H16N4OS. The van der Waals surface area contributed by atoms with Crippen molar-refractivity contribution in [3.05, 3.63) is 5.82 Å². The second kappa shape index (κ2) is 4.96. The van der Waals surface area contributed by atoms with E-state index in [1.165, 1.54) is 18.2 Å². The van der Waals surface area contributed by atoms with Gasteiger partial charge in [0.05, 0.1) is 12.6 Å². The van der Waals surface area contributed by atoms with E-state index >= 15 is 0 Å². The van der Waals surface area contributed by atoms with Crippen LogP contribution in [0.2, 0.25) is 0 Å². The van der Waals surface area contributed by atoms with E-state index in [0.29, 0.717) is 11.8 Å². The Morgan fingerprint density at radius 1 is 1.60 bits per heavy atom. The average Bonchev–Trinajstić information content (AvgIpc) is 2.84. The van der Waals surface area contributed by atoms with E-state index in [1.54, 1.807) is 0 Å². The molecule has 6 heteroatoms. The van der Waals surface area contributed by atoms with Gasteiger partial charge in [-0.2, -0.15) is 0 Å². The van der Waals surface area contributed by atoms with Crippen LogP contribution < -0.4 is 5.32 Å². The minimum absolute atomic E-state index is 0.175. The van der Waals surface area contributed by atoms with Gasteiger partial charge in [-0.25, -0.2) is 0 Å². The molecule has 0 aliphatic carbocycles. The Hall–Kier alpha value is -0.590. The standard InChI is InChI=1S/C9H16N4OS/c1-13-8(7-3-2-4-10-7)11-12-9(13)15-6-5-14/h7,10,14H,2-6H2,1H3. The van der Waals surface area contributed by atoms with E-state index in [4.69, 9.17) is 5.11 Å². The fourth-order valence-corrected chi connectivity index (χ4v) is 2.46. The highest BCUT2D eigenvalue weighted by Gasteiger charge is 2.22. The van der Waals surface area contributed by atoms with Crippen LogP contribution in [0.4, 0.5) is 0 Å². The summed E-state index contributed by atoms with van der Waals surface area (Å²) in [5.41, 5.74) is 0. The van der Waals surface area contributed by atoms with E-state index in [9.17, 15) is 0 Å². The van der Waals surface area contributed by atoms with Crippen LogP contribution in [0.5, 0.6) is 0 Å². The molecule has 1 atom stereocenters. The zero-order valence-corrected chi connectivity index (χ0v) is 9.63. The molecule has 15 heavy (non-hydrogen) atoms. The maximum absolute atomic E-state index is 8.75. The Bertz CT molecular complexity index is 322. The van der Waals surface area contributed by atoms with E-state index in [1.807, 2.05) is 11.6 Å². The number of hydrogen-bond donors (Lipinski definition) is 2. The normalized spacial score (nSPS) is 21.1. The predicted octanol–water partition coefficient (Wildman–Crippen LogP) is 0.324. The first kappa shape index (κ1) is 10.9. The van der Waals surface area contributed by atoms with Gasteiger partial charge in [0.15, 0.2) is 11.0 Å². The summed E-state index contributed by atoms with van der Waals surface area (Å²) in [7, 11) is 1.98. The second-order valence-corrected chi connectivity index (χ2v) is 4.68. The van der Waals surface area contributed by atoms with E-state index in [0.717, 1.165) is 23.9 Å². The van der Waals surface area contributed by atoms with Crippen LogP contribution >= 0.6 is 11.8 Å². The number of aliphatic hydroxyl groups excluding tert-OH is 1. The number of nitrogens with zero attached hydrogens (tertiary/aromatic N) is 3. The van der Waals surface area contributed by atoms with E-state index < -0.39 is 0 Å². The van der Waals surface area contributed by atoms with Crippen LogP contribution in [0.1, 0.15) is 24.7 Å². The third-order valence-electron chi connectivity index (χ3n) is 2.56. The molecule has 2 heterocycles. The smallest absolute Gasteiger partial charge is 0.191 e. The van der Waals surface area contributed by atoms with Gasteiger partial charge in [-0.1, -0.05) is 11.8 Å². The Morgan fingerprint density at radius 2 is 2.47 bits per heavy atom. The van der Waals surface area contributed by atoms with Gasteiger partial charge in [0, 0.05) is 12.8 Å². The fraction of sp³-hybridized carbons (Fsp3) is 0.778. The Balaban J connectivity index is 2.08. The summed E-state index contributed by atoms with van der Waals surface area (Å²) < 4.78 is 2.02. The second-order valence-electron chi connectivity index (χ2n) is 3.62. The van der Waals surface area contributed by atoms with Crippen molar-refractivity contribution in [2.75, 3.05) is 18.9 Å². The van der Waals surface area contributed by atoms with Crippen molar-refractivity contribution in [2.45, 2.75) is 24.0 Å². The van der Waals surface area contributed by atoms with Crippen LogP contribution in [0, 0.1) is 0 Å². The topological polar surface area (TPSA) is 63.0 Å². The van der Waals surface area contributed by atoms with Gasteiger partial charge in [0.2, 0.25) is 0 Å². The van der Waals surface area contributed by atoms with Crippen molar-refractivity contribution in [1.29, 1.82) is 0 Å². The molecule has 84 valence electrons. The highest BCUT2D eigenvalue weighted by molar-refractivity contribution is 7.99. The zero-order chi connectivity index (χ0) is 10.7. The molecule has 0 spiro atoms. The molecule has 0 saturated carbocycles. The first-order valence-electron chi connectivity index (χ1n) is 5.19. The lowest BCUT2D eigenvalue weighted by Crippen LogP contribution is -2.17. The van der Waals surface area contributed by atoms with Gasteiger partial charge in [0.1, 0.15) is 0 Å². The molecule has 0 amide bonds. The van der Waals surface area contributed by atoms with Crippen molar-refractivity contribution in [1.82, 2.24) is 20.1 Å². The monoisotopic (exact) mass is 228 g/mol. The third kappa shape index (κ3) is 2.32. The van der Waals surface area contributed by atoms with Crippen LogP contribution in [0.25, 0.3) is 0 Å². The van der Waals surface area contributed by atoms with Crippen molar-refractivity contribution in [3.8, 4) is 0 Å². The molecule has 0 bridgehead atoms. The average molecular weight is 228 g/mol. The molecule has 1 aliphatic rings. The van der Waals surface area contributed by atoms with Gasteiger partial charge < -0.3 is 15.0 Å². The zero-order valence-electron chi connectivity index (χ0n) is 8.81. The Kier molecular flexibility index (Phi) is 3.61. The number of aromatic nitrogens is 3. The minimum atomic E-state index is 0.175. The van der Waals surface area contributed by atoms with E-state index in [2.05, 4.69) is 15.5 Å². The number of hydrogen-bond acceptors (Lipinski definition) is 5. The molecule has 1 unspecified atom stereocenters. The third-order valence-corrected chi connectivity index (χ3v) is 3.56. The van der Waals surface area contributed by atoms with Gasteiger partial charge in [-0.3, -0.25) is 0 Å². The van der Waals surface area contributed by atoms with Gasteiger partial charge >= 0.3 is 0 Å². The predicted molar refractivity (Wildman–Crippen MR) is 58.8 cm³/mol. The minimum Gasteiger partial charge on any atom is -0.396 e. The van der Waals surface area contributed by atoms with Gasteiger partial charge in [0.25, 0.3) is 0 Å². The molecular weight excluding hydrogens is 212 g/mol. The molecule has 0 radical (unpaired) electrons. The molecule has 1 saturated heterocycles. The number of rotatable bonds is 4. The first-order valence-corrected chi connectivity index (χ1v) is 6.18. The summed E-state index contributed by atoms with van der Waals surface area (Å²) in [5.74, 6) is 1.68.